The van der Waals surface area contributed by atoms with Crippen LogP contribution in [0.15, 0.2) is 6.07 Å². The molecule has 2 rings (SSSR count). The maximum Gasteiger partial charge on any atom is 0.166 e. The van der Waals surface area contributed by atoms with Crippen LogP contribution in [0.3, 0.4) is 0 Å². The highest BCUT2D eigenvalue weighted by Crippen LogP contribution is 2.42. The van der Waals surface area contributed by atoms with Gasteiger partial charge in [0.2, 0.25) is 0 Å². The van der Waals surface area contributed by atoms with Crippen molar-refractivity contribution in [2.75, 3.05) is 26.4 Å². The van der Waals surface area contributed by atoms with Gasteiger partial charge in [0.25, 0.3) is 0 Å². The fourth-order valence-corrected chi connectivity index (χ4v) is 2.63. The van der Waals surface area contributed by atoms with Gasteiger partial charge < -0.3 is 19.9 Å². The number of benzene rings is 1. The highest BCUT2D eigenvalue weighted by Gasteiger charge is 2.26. The Morgan fingerprint density at radius 1 is 1.37 bits per heavy atom. The van der Waals surface area contributed by atoms with Gasteiger partial charge in [-0.25, -0.2) is 0 Å². The molecule has 0 saturated carbocycles. The third-order valence-corrected chi connectivity index (χ3v) is 3.43. The average Bonchev–Trinajstić information content (AvgIpc) is 2.57. The minimum atomic E-state index is -0.239. The first-order valence-corrected chi connectivity index (χ1v) is 7.01. The monoisotopic (exact) mass is 285 g/mol. The van der Waals surface area contributed by atoms with E-state index in [9.17, 15) is 0 Å². The summed E-state index contributed by atoms with van der Waals surface area (Å²) in [7, 11) is 0. The number of hydrogen-bond donors (Lipinski definition) is 1. The van der Waals surface area contributed by atoms with Crippen molar-refractivity contribution in [3.05, 3.63) is 22.2 Å². The van der Waals surface area contributed by atoms with Crippen LogP contribution in [-0.2, 0) is 11.2 Å². The first-order chi connectivity index (χ1) is 9.19. The predicted molar refractivity (Wildman–Crippen MR) is 75.2 cm³/mol. The third-order valence-electron chi connectivity index (χ3n) is 3.09. The minimum absolute atomic E-state index is 0.239. The van der Waals surface area contributed by atoms with Gasteiger partial charge in [-0.2, -0.15) is 0 Å². The Hall–Kier alpha value is -0.970. The Labute approximate surface area is 118 Å². The van der Waals surface area contributed by atoms with Gasteiger partial charge >= 0.3 is 0 Å². The lowest BCUT2D eigenvalue weighted by molar-refractivity contribution is 0.130. The summed E-state index contributed by atoms with van der Waals surface area (Å²) in [6, 6.07) is 1.57. The molecule has 0 aromatic heterocycles. The van der Waals surface area contributed by atoms with Gasteiger partial charge in [-0.1, -0.05) is 11.6 Å². The summed E-state index contributed by atoms with van der Waals surface area (Å²) in [6.07, 6.45) is 0.744. The van der Waals surface area contributed by atoms with E-state index >= 15 is 0 Å². The summed E-state index contributed by atoms with van der Waals surface area (Å²) in [5.74, 6) is 1.37. The summed E-state index contributed by atoms with van der Waals surface area (Å²) in [5.41, 5.74) is 8.13. The largest absolute Gasteiger partial charge is 0.490 e. The second-order valence-electron chi connectivity index (χ2n) is 4.38. The van der Waals surface area contributed by atoms with E-state index < -0.39 is 0 Å². The molecule has 1 aliphatic heterocycles. The molecule has 0 aliphatic carbocycles. The molecule has 0 bridgehead atoms. The molecule has 0 fully saturated rings. The van der Waals surface area contributed by atoms with Crippen LogP contribution < -0.4 is 15.2 Å². The molecular weight excluding hydrogens is 266 g/mol. The molecule has 106 valence electrons. The zero-order valence-electron chi connectivity index (χ0n) is 11.4. The number of hydrogen-bond acceptors (Lipinski definition) is 4. The van der Waals surface area contributed by atoms with E-state index in [1.54, 1.807) is 0 Å². The number of nitrogens with two attached hydrogens (primary N) is 1. The Bertz CT molecular complexity index is 451. The van der Waals surface area contributed by atoms with Crippen LogP contribution in [0.25, 0.3) is 0 Å². The molecule has 1 heterocycles. The van der Waals surface area contributed by atoms with E-state index in [0.29, 0.717) is 42.9 Å². The van der Waals surface area contributed by atoms with Gasteiger partial charge in [-0.05, 0) is 25.8 Å². The van der Waals surface area contributed by atoms with E-state index in [-0.39, 0.29) is 6.04 Å². The van der Waals surface area contributed by atoms with Gasteiger partial charge in [-0.15, -0.1) is 0 Å². The van der Waals surface area contributed by atoms with E-state index in [4.69, 9.17) is 31.5 Å². The van der Waals surface area contributed by atoms with Crippen LogP contribution in [0, 0.1) is 0 Å². The van der Waals surface area contributed by atoms with Crippen LogP contribution in [0.2, 0.25) is 5.02 Å². The molecule has 1 unspecified atom stereocenters. The summed E-state index contributed by atoms with van der Waals surface area (Å²) >= 11 is 6.35. The van der Waals surface area contributed by atoms with Gasteiger partial charge in [0.05, 0.1) is 32.5 Å². The standard InChI is InChI=1S/C14H20ClNO3/c1-3-18-12-7-10(15)9-5-6-17-8-11(16)13(9)14(12)19-4-2/h7,11H,3-6,8,16H2,1-2H3. The molecule has 1 aliphatic rings. The van der Waals surface area contributed by atoms with Crippen LogP contribution in [-0.4, -0.2) is 26.4 Å². The van der Waals surface area contributed by atoms with E-state index in [0.717, 1.165) is 17.5 Å². The van der Waals surface area contributed by atoms with Crippen molar-refractivity contribution in [3.63, 3.8) is 0 Å². The molecule has 0 amide bonds. The van der Waals surface area contributed by atoms with Crippen molar-refractivity contribution >= 4 is 11.6 Å². The molecular formula is C14H20ClNO3. The van der Waals surface area contributed by atoms with Crippen LogP contribution in [0.1, 0.15) is 31.0 Å². The summed E-state index contributed by atoms with van der Waals surface area (Å²) in [4.78, 5) is 0. The number of ether oxygens (including phenoxy) is 3. The molecule has 1 aromatic carbocycles. The van der Waals surface area contributed by atoms with Crippen molar-refractivity contribution in [2.24, 2.45) is 5.73 Å². The van der Waals surface area contributed by atoms with Crippen LogP contribution >= 0.6 is 11.6 Å². The molecule has 19 heavy (non-hydrogen) atoms. The second-order valence-corrected chi connectivity index (χ2v) is 4.78. The zero-order chi connectivity index (χ0) is 13.8. The van der Waals surface area contributed by atoms with Gasteiger partial charge in [0.15, 0.2) is 11.5 Å². The Morgan fingerprint density at radius 3 is 2.79 bits per heavy atom. The van der Waals surface area contributed by atoms with Crippen molar-refractivity contribution in [3.8, 4) is 11.5 Å². The Balaban J connectivity index is 2.58. The predicted octanol–water partition coefficient (Wildman–Crippen LogP) is 2.71. The van der Waals surface area contributed by atoms with Crippen molar-refractivity contribution in [2.45, 2.75) is 26.3 Å². The third kappa shape index (κ3) is 2.96. The van der Waals surface area contributed by atoms with Gasteiger partial charge in [0, 0.05) is 16.7 Å². The fourth-order valence-electron chi connectivity index (χ4n) is 2.34. The second kappa shape index (κ2) is 6.46. The highest BCUT2D eigenvalue weighted by molar-refractivity contribution is 6.31. The number of fused-ring (bicyclic) bond motifs is 1. The molecule has 2 N–H and O–H groups in total. The fraction of sp³-hybridized carbons (Fsp3) is 0.571. The van der Waals surface area contributed by atoms with Gasteiger partial charge in [0.1, 0.15) is 0 Å². The quantitative estimate of drug-likeness (QED) is 0.924. The van der Waals surface area contributed by atoms with Gasteiger partial charge in [-0.3, -0.25) is 0 Å². The normalized spacial score (nSPS) is 18.6. The number of halogens is 1. The smallest absolute Gasteiger partial charge is 0.166 e. The summed E-state index contributed by atoms with van der Waals surface area (Å²) < 4.78 is 16.9. The molecule has 1 aromatic rings. The zero-order valence-corrected chi connectivity index (χ0v) is 12.1. The van der Waals surface area contributed by atoms with E-state index in [1.807, 2.05) is 19.9 Å². The molecule has 0 radical (unpaired) electrons. The maximum atomic E-state index is 6.35. The van der Waals surface area contributed by atoms with Crippen molar-refractivity contribution in [1.82, 2.24) is 0 Å². The lowest BCUT2D eigenvalue weighted by Crippen LogP contribution is -2.18. The average molecular weight is 286 g/mol. The Morgan fingerprint density at radius 2 is 2.11 bits per heavy atom. The van der Waals surface area contributed by atoms with Crippen LogP contribution in [0.5, 0.6) is 11.5 Å². The summed E-state index contributed by atoms with van der Waals surface area (Å²) in [5, 5.41) is 0.669. The van der Waals surface area contributed by atoms with Crippen molar-refractivity contribution < 1.29 is 14.2 Å². The SMILES string of the molecule is CCOc1cc(Cl)c2c(c1OCC)C(N)COCC2. The van der Waals surface area contributed by atoms with Crippen molar-refractivity contribution in [1.29, 1.82) is 0 Å². The molecule has 4 nitrogen and oxygen atoms in total. The molecule has 0 saturated heterocycles. The highest BCUT2D eigenvalue weighted by atomic mass is 35.5. The summed E-state index contributed by atoms with van der Waals surface area (Å²) in [6.45, 7) is 6.08. The Kier molecular flexibility index (Phi) is 4.91. The lowest BCUT2D eigenvalue weighted by Gasteiger charge is -2.21. The van der Waals surface area contributed by atoms with E-state index in [2.05, 4.69) is 0 Å². The number of rotatable bonds is 4. The van der Waals surface area contributed by atoms with E-state index in [1.165, 1.54) is 0 Å². The van der Waals surface area contributed by atoms with Crippen LogP contribution in [0.4, 0.5) is 0 Å². The lowest BCUT2D eigenvalue weighted by atomic mass is 9.98. The molecule has 0 spiro atoms. The molecule has 1 atom stereocenters. The maximum absolute atomic E-state index is 6.35. The first-order valence-electron chi connectivity index (χ1n) is 6.63. The molecule has 5 heteroatoms. The first kappa shape index (κ1) is 14.4. The minimum Gasteiger partial charge on any atom is -0.490 e. The topological polar surface area (TPSA) is 53.7 Å².